The predicted molar refractivity (Wildman–Crippen MR) is 86.9 cm³/mol. The van der Waals surface area contributed by atoms with Crippen LogP contribution in [0.2, 0.25) is 0 Å². The average Bonchev–Trinajstić information content (AvgIpc) is 3.02. The van der Waals surface area contributed by atoms with Crippen LogP contribution in [0.25, 0.3) is 11.0 Å². The maximum atomic E-state index is 12.4. The minimum atomic E-state index is -4.35. The molecule has 3 rings (SSSR count). The van der Waals surface area contributed by atoms with Gasteiger partial charge < -0.3 is 20.7 Å². The molecule has 1 aromatic carbocycles. The first-order valence-electron chi connectivity index (χ1n) is 7.28. The Bertz CT molecular complexity index is 863. The number of nitrogens with zero attached hydrogens (tertiary/aromatic N) is 2. The highest BCUT2D eigenvalue weighted by Crippen LogP contribution is 2.25. The van der Waals surface area contributed by atoms with E-state index in [1.165, 1.54) is 12.1 Å². The van der Waals surface area contributed by atoms with Crippen molar-refractivity contribution in [1.29, 1.82) is 0 Å². The molecule has 4 N–H and O–H groups in total. The second kappa shape index (κ2) is 8.47. The van der Waals surface area contributed by atoms with Crippen LogP contribution in [0.3, 0.4) is 0 Å². The molecule has 0 radical (unpaired) electrons. The number of aromatic hydroxyl groups is 1. The van der Waals surface area contributed by atoms with Crippen LogP contribution in [-0.4, -0.2) is 39.5 Å². The van der Waals surface area contributed by atoms with E-state index in [0.717, 1.165) is 0 Å². The summed E-state index contributed by atoms with van der Waals surface area (Å²) in [4.78, 5) is 11.1. The summed E-state index contributed by atoms with van der Waals surface area (Å²) in [6.07, 6.45) is -2.78. The number of halogens is 6. The lowest BCUT2D eigenvalue weighted by Crippen LogP contribution is -2.22. The number of benzene rings is 1. The van der Waals surface area contributed by atoms with Crippen molar-refractivity contribution in [3.8, 4) is 5.75 Å². The van der Waals surface area contributed by atoms with Gasteiger partial charge in [0, 0.05) is 11.9 Å². The van der Waals surface area contributed by atoms with Crippen LogP contribution in [-0.2, 0) is 0 Å². The molecule has 0 unspecified atom stereocenters. The van der Waals surface area contributed by atoms with Gasteiger partial charge in [0.15, 0.2) is 0 Å². The zero-order valence-corrected chi connectivity index (χ0v) is 13.4. The van der Waals surface area contributed by atoms with Gasteiger partial charge in [-0.1, -0.05) is 0 Å². The summed E-state index contributed by atoms with van der Waals surface area (Å²) in [5.74, 6) is 0.314. The van der Waals surface area contributed by atoms with Gasteiger partial charge in [0.1, 0.15) is 23.8 Å². The molecule has 0 saturated carbocycles. The fourth-order valence-electron chi connectivity index (χ4n) is 1.99. The van der Waals surface area contributed by atoms with Crippen molar-refractivity contribution in [2.75, 3.05) is 17.2 Å². The van der Waals surface area contributed by atoms with Gasteiger partial charge >= 0.3 is 12.9 Å². The fraction of sp³-hybridized carbons (Fsp3) is 0.200. The summed E-state index contributed by atoms with van der Waals surface area (Å²) in [6.45, 7) is -4.86. The number of H-pyrrole nitrogens is 1. The van der Waals surface area contributed by atoms with Crippen molar-refractivity contribution < 1.29 is 31.4 Å². The first-order valence-corrected chi connectivity index (χ1v) is 7.28. The molecule has 6 nitrogen and oxygen atoms in total. The summed E-state index contributed by atoms with van der Waals surface area (Å²) >= 11 is 0. The molecule has 0 bridgehead atoms. The van der Waals surface area contributed by atoms with Crippen molar-refractivity contribution >= 4 is 28.5 Å². The molecule has 12 heteroatoms. The van der Waals surface area contributed by atoms with E-state index in [1.54, 1.807) is 24.4 Å². The van der Waals surface area contributed by atoms with Crippen molar-refractivity contribution in [1.82, 2.24) is 15.0 Å². The van der Waals surface area contributed by atoms with Crippen molar-refractivity contribution in [2.24, 2.45) is 0 Å². The van der Waals surface area contributed by atoms with Gasteiger partial charge in [0.25, 0.3) is 0 Å². The summed E-state index contributed by atoms with van der Waals surface area (Å²) in [5.41, 5.74) is 1.00. The number of anilines is 3. The van der Waals surface area contributed by atoms with E-state index < -0.39 is 19.4 Å². The molecular weight excluding hydrogens is 380 g/mol. The molecular formula is C15H13F6N5O. The predicted octanol–water partition coefficient (Wildman–Crippen LogP) is 4.56. The van der Waals surface area contributed by atoms with Crippen molar-refractivity contribution in [3.05, 3.63) is 36.5 Å². The number of phenolic OH excluding ortho intramolecular Hbond substituents is 1. The van der Waals surface area contributed by atoms with Gasteiger partial charge in [-0.25, -0.2) is 0 Å². The van der Waals surface area contributed by atoms with Crippen LogP contribution in [0.5, 0.6) is 5.75 Å². The molecule has 0 aliphatic heterocycles. The van der Waals surface area contributed by atoms with Gasteiger partial charge in [0.05, 0.1) is 5.39 Å². The molecule has 0 aliphatic carbocycles. The van der Waals surface area contributed by atoms with Crippen LogP contribution in [0.15, 0.2) is 36.5 Å². The number of fused-ring (bicyclic) bond motifs is 1. The van der Waals surface area contributed by atoms with E-state index in [0.29, 0.717) is 16.7 Å². The van der Waals surface area contributed by atoms with E-state index >= 15 is 0 Å². The third-order valence-electron chi connectivity index (χ3n) is 3.00. The highest BCUT2D eigenvalue weighted by atomic mass is 19.4. The largest absolute Gasteiger partial charge is 0.508 e. The highest BCUT2D eigenvalue weighted by molar-refractivity contribution is 5.88. The van der Waals surface area contributed by atoms with Crippen molar-refractivity contribution in [3.63, 3.8) is 0 Å². The zero-order chi connectivity index (χ0) is 20.0. The summed E-state index contributed by atoms with van der Waals surface area (Å²) in [7, 11) is 0. The Hall–Kier alpha value is -3.18. The Kier molecular flexibility index (Phi) is 6.32. The van der Waals surface area contributed by atoms with Crippen LogP contribution >= 0.6 is 0 Å². The Balaban J connectivity index is 0.000000596. The molecule has 0 saturated heterocycles. The molecule has 0 aliphatic rings. The minimum Gasteiger partial charge on any atom is -0.508 e. The molecule has 2 aromatic heterocycles. The average molecular weight is 393 g/mol. The second-order valence-corrected chi connectivity index (χ2v) is 5.02. The maximum Gasteiger partial charge on any atom is 0.405 e. The summed E-state index contributed by atoms with van der Waals surface area (Å²) < 4.78 is 66.2. The van der Waals surface area contributed by atoms with E-state index in [1.807, 2.05) is 0 Å². The zero-order valence-electron chi connectivity index (χ0n) is 13.4. The number of aromatic nitrogens is 3. The molecule has 0 atom stereocenters. The van der Waals surface area contributed by atoms with Gasteiger partial charge in [-0.3, -0.25) is 0 Å². The van der Waals surface area contributed by atoms with Gasteiger partial charge in [0.2, 0.25) is 5.95 Å². The highest BCUT2D eigenvalue weighted by Gasteiger charge is 2.27. The van der Waals surface area contributed by atoms with Crippen molar-refractivity contribution in [2.45, 2.75) is 12.9 Å². The van der Waals surface area contributed by atoms with E-state index in [-0.39, 0.29) is 17.5 Å². The molecule has 27 heavy (non-hydrogen) atoms. The number of alkyl halides is 6. The lowest BCUT2D eigenvalue weighted by molar-refractivity contribution is -0.115. The van der Waals surface area contributed by atoms with Gasteiger partial charge in [-0.15, -0.1) is 0 Å². The standard InChI is InChI=1S/C14H12F3N5O.CHF3/c15-14(16,17)7-19-12-10-5-6-18-11(10)21-13(22-12)20-8-1-3-9(23)4-2-8;2-1(3)4/h1-6,23H,7H2,(H3,18,19,20,21,22);1H. The lowest BCUT2D eigenvalue weighted by atomic mass is 10.3. The fourth-order valence-corrected chi connectivity index (χ4v) is 1.99. The smallest absolute Gasteiger partial charge is 0.405 e. The molecule has 3 aromatic rings. The second-order valence-electron chi connectivity index (χ2n) is 5.02. The lowest BCUT2D eigenvalue weighted by Gasteiger charge is -2.11. The number of rotatable bonds is 4. The van der Waals surface area contributed by atoms with Crippen LogP contribution in [0.4, 0.5) is 43.8 Å². The first kappa shape index (κ1) is 20.1. The summed E-state index contributed by atoms with van der Waals surface area (Å²) in [6, 6.07) is 7.73. The number of hydrogen-bond acceptors (Lipinski definition) is 5. The Morgan fingerprint density at radius 2 is 1.67 bits per heavy atom. The van der Waals surface area contributed by atoms with Crippen LogP contribution in [0, 0.1) is 0 Å². The number of nitrogens with one attached hydrogen (secondary N) is 3. The molecule has 0 fully saturated rings. The quantitative estimate of drug-likeness (QED) is 0.386. The Labute approximate surface area is 148 Å². The Morgan fingerprint density at radius 1 is 1.04 bits per heavy atom. The SMILES string of the molecule is FC(F)F.Oc1ccc(Nc2nc(NCC(F)(F)F)c3cc[nH]c3n2)cc1. The monoisotopic (exact) mass is 393 g/mol. The molecule has 146 valence electrons. The van der Waals surface area contributed by atoms with E-state index in [2.05, 4.69) is 25.6 Å². The Morgan fingerprint density at radius 3 is 2.26 bits per heavy atom. The van der Waals surface area contributed by atoms with E-state index in [9.17, 15) is 31.4 Å². The van der Waals surface area contributed by atoms with Crippen LogP contribution in [0.1, 0.15) is 0 Å². The van der Waals surface area contributed by atoms with Gasteiger partial charge in [-0.05, 0) is 30.3 Å². The first-order chi connectivity index (χ1) is 12.6. The van der Waals surface area contributed by atoms with Crippen LogP contribution < -0.4 is 10.6 Å². The third-order valence-corrected chi connectivity index (χ3v) is 3.00. The normalized spacial score (nSPS) is 11.2. The molecule has 2 heterocycles. The topological polar surface area (TPSA) is 85.9 Å². The van der Waals surface area contributed by atoms with Gasteiger partial charge in [-0.2, -0.15) is 36.3 Å². The number of hydrogen-bond donors (Lipinski definition) is 4. The summed E-state index contributed by atoms with van der Waals surface area (Å²) in [5, 5.41) is 14.9. The number of aromatic amines is 1. The third kappa shape index (κ3) is 6.56. The van der Waals surface area contributed by atoms with E-state index in [4.69, 9.17) is 0 Å². The maximum absolute atomic E-state index is 12.4. The molecule has 0 amide bonds. The molecule has 0 spiro atoms. The minimum absolute atomic E-state index is 0.0786. The number of phenols is 1.